The van der Waals surface area contributed by atoms with Crippen LogP contribution in [0.1, 0.15) is 88.9 Å². The molecule has 0 saturated heterocycles. The number of carbonyl (C=O) groups excluding carboxylic acids is 1. The van der Waals surface area contributed by atoms with Crippen LogP contribution in [-0.4, -0.2) is 22.0 Å². The first-order valence-corrected chi connectivity index (χ1v) is 11.7. The molecule has 1 aromatic carbocycles. The van der Waals surface area contributed by atoms with Crippen LogP contribution in [0.2, 0.25) is 0 Å². The number of nitrogens with zero attached hydrogens (tertiary/aromatic N) is 3. The van der Waals surface area contributed by atoms with Gasteiger partial charge in [0.05, 0.1) is 5.69 Å². The normalized spacial score (nSPS) is 13.2. The quantitative estimate of drug-likeness (QED) is 0.193. The van der Waals surface area contributed by atoms with Crippen molar-refractivity contribution in [2.75, 3.05) is 0 Å². The zero-order valence-electron chi connectivity index (χ0n) is 21.3. The number of unbranched alkanes of at least 4 members (excludes halogenated alkanes) is 1. The average molecular weight is 452 g/mol. The van der Waals surface area contributed by atoms with Crippen molar-refractivity contribution in [3.05, 3.63) is 52.3 Å². The molecule has 2 aromatic rings. The van der Waals surface area contributed by atoms with Crippen LogP contribution < -0.4 is 0 Å². The molecule has 6 nitrogen and oxygen atoms in total. The molecule has 1 atom stereocenters. The van der Waals surface area contributed by atoms with Gasteiger partial charge < -0.3 is 9.47 Å². The predicted molar refractivity (Wildman–Crippen MR) is 131 cm³/mol. The van der Waals surface area contributed by atoms with E-state index in [1.54, 1.807) is 6.92 Å². The summed E-state index contributed by atoms with van der Waals surface area (Å²) in [6.45, 7) is 16.7. The standard InChI is InChI=1S/C27H37N3O3/c1-9-11-12-24(31)32-20(5)33-26(25-18(3)19(4)29-30(25)10-2)23(17-28)21-13-15-22(16-14-21)27(6,7)8/h13-16,20H,9-12H2,1-8H3/b26-23-. The minimum atomic E-state index is -0.846. The molecule has 0 saturated carbocycles. The lowest BCUT2D eigenvalue weighted by atomic mass is 9.86. The first-order valence-electron chi connectivity index (χ1n) is 11.7. The Hall–Kier alpha value is -3.07. The van der Waals surface area contributed by atoms with E-state index in [1.807, 2.05) is 56.6 Å². The molecular weight excluding hydrogens is 414 g/mol. The average Bonchev–Trinajstić information content (AvgIpc) is 3.05. The fourth-order valence-corrected chi connectivity index (χ4v) is 3.56. The van der Waals surface area contributed by atoms with Crippen molar-refractivity contribution in [3.63, 3.8) is 0 Å². The van der Waals surface area contributed by atoms with Crippen molar-refractivity contribution >= 4 is 17.3 Å². The molecule has 1 heterocycles. The van der Waals surface area contributed by atoms with Crippen LogP contribution in [-0.2, 0) is 26.2 Å². The van der Waals surface area contributed by atoms with Gasteiger partial charge in [-0.1, -0.05) is 58.4 Å². The van der Waals surface area contributed by atoms with Gasteiger partial charge in [-0.05, 0) is 43.7 Å². The highest BCUT2D eigenvalue weighted by atomic mass is 16.7. The van der Waals surface area contributed by atoms with Crippen LogP contribution in [0, 0.1) is 25.2 Å². The fraction of sp³-hybridized carbons (Fsp3) is 0.519. The molecule has 1 aromatic heterocycles. The summed E-state index contributed by atoms with van der Waals surface area (Å²) in [4.78, 5) is 12.2. The molecule has 0 radical (unpaired) electrons. The van der Waals surface area contributed by atoms with Crippen molar-refractivity contribution in [1.82, 2.24) is 9.78 Å². The van der Waals surface area contributed by atoms with Crippen LogP contribution in [0.15, 0.2) is 24.3 Å². The number of rotatable bonds is 9. The molecule has 0 fully saturated rings. The Labute approximate surface area is 198 Å². The fourth-order valence-electron chi connectivity index (χ4n) is 3.56. The number of benzene rings is 1. The number of allylic oxidation sites excluding steroid dienone is 1. The lowest BCUT2D eigenvalue weighted by Crippen LogP contribution is -2.19. The number of aromatic nitrogens is 2. The van der Waals surface area contributed by atoms with E-state index < -0.39 is 6.29 Å². The molecule has 0 aliphatic heterocycles. The highest BCUT2D eigenvalue weighted by Crippen LogP contribution is 2.33. The lowest BCUT2D eigenvalue weighted by molar-refractivity contribution is -0.164. The van der Waals surface area contributed by atoms with Crippen LogP contribution in [0.3, 0.4) is 0 Å². The molecule has 178 valence electrons. The third kappa shape index (κ3) is 6.47. The molecule has 2 rings (SSSR count). The van der Waals surface area contributed by atoms with Crippen LogP contribution in [0.5, 0.6) is 0 Å². The summed E-state index contributed by atoms with van der Waals surface area (Å²) < 4.78 is 13.5. The Morgan fingerprint density at radius 2 is 1.79 bits per heavy atom. The van der Waals surface area contributed by atoms with Gasteiger partial charge >= 0.3 is 5.97 Å². The Kier molecular flexibility index (Phi) is 8.87. The van der Waals surface area contributed by atoms with Crippen molar-refractivity contribution in [3.8, 4) is 6.07 Å². The molecule has 0 aliphatic carbocycles. The maximum atomic E-state index is 12.2. The molecule has 0 amide bonds. The van der Waals surface area contributed by atoms with Gasteiger partial charge in [0.25, 0.3) is 0 Å². The molecule has 0 spiro atoms. The number of esters is 1. The molecular formula is C27H37N3O3. The minimum absolute atomic E-state index is 0.00408. The van der Waals surface area contributed by atoms with E-state index in [2.05, 4.69) is 31.9 Å². The molecule has 0 bridgehead atoms. The van der Waals surface area contributed by atoms with Gasteiger partial charge in [-0.15, -0.1) is 0 Å². The third-order valence-electron chi connectivity index (χ3n) is 5.64. The summed E-state index contributed by atoms with van der Waals surface area (Å²) in [5.74, 6) is 0.0605. The summed E-state index contributed by atoms with van der Waals surface area (Å²) in [7, 11) is 0. The van der Waals surface area contributed by atoms with E-state index in [0.717, 1.165) is 35.4 Å². The predicted octanol–water partition coefficient (Wildman–Crippen LogP) is 6.31. The highest BCUT2D eigenvalue weighted by Gasteiger charge is 2.25. The van der Waals surface area contributed by atoms with E-state index in [0.29, 0.717) is 24.3 Å². The SMILES string of the molecule is CCCCC(=O)OC(C)O/C(=C(/C#N)c1ccc(C(C)(C)C)cc1)c1c(C)c(C)nn1CC. The van der Waals surface area contributed by atoms with Crippen molar-refractivity contribution in [1.29, 1.82) is 5.26 Å². The molecule has 0 aliphatic rings. The van der Waals surface area contributed by atoms with Gasteiger partial charge in [0.15, 0.2) is 5.76 Å². The number of aryl methyl sites for hydroxylation is 2. The lowest BCUT2D eigenvalue weighted by Gasteiger charge is -2.21. The van der Waals surface area contributed by atoms with Crippen molar-refractivity contribution < 1.29 is 14.3 Å². The van der Waals surface area contributed by atoms with Crippen molar-refractivity contribution in [2.24, 2.45) is 0 Å². The number of carbonyl (C=O) groups is 1. The van der Waals surface area contributed by atoms with Gasteiger partial charge in [-0.3, -0.25) is 9.48 Å². The first kappa shape index (κ1) is 26.2. The van der Waals surface area contributed by atoms with Crippen LogP contribution in [0.25, 0.3) is 11.3 Å². The van der Waals surface area contributed by atoms with Crippen molar-refractivity contribution in [2.45, 2.75) is 92.9 Å². The highest BCUT2D eigenvalue weighted by molar-refractivity contribution is 5.94. The van der Waals surface area contributed by atoms with E-state index in [-0.39, 0.29) is 11.4 Å². The Bertz CT molecular complexity index is 1030. The van der Waals surface area contributed by atoms with Gasteiger partial charge in [0.1, 0.15) is 17.3 Å². The maximum Gasteiger partial charge on any atom is 0.308 e. The smallest absolute Gasteiger partial charge is 0.308 e. The summed E-state index contributed by atoms with van der Waals surface area (Å²) >= 11 is 0. The summed E-state index contributed by atoms with van der Waals surface area (Å²) in [5, 5.41) is 14.8. The van der Waals surface area contributed by atoms with Gasteiger partial charge in [-0.25, -0.2) is 0 Å². The number of nitriles is 1. The summed E-state index contributed by atoms with van der Waals surface area (Å²) in [5.41, 5.74) is 4.81. The van der Waals surface area contributed by atoms with Crippen LogP contribution >= 0.6 is 0 Å². The number of hydrogen-bond donors (Lipinski definition) is 0. The van der Waals surface area contributed by atoms with E-state index in [1.165, 1.54) is 5.56 Å². The molecule has 33 heavy (non-hydrogen) atoms. The molecule has 0 N–H and O–H groups in total. The molecule has 6 heteroatoms. The van der Waals surface area contributed by atoms with Gasteiger partial charge in [0.2, 0.25) is 6.29 Å². The minimum Gasteiger partial charge on any atom is -0.451 e. The molecule has 1 unspecified atom stereocenters. The summed E-state index contributed by atoms with van der Waals surface area (Å²) in [6, 6.07) is 10.3. The topological polar surface area (TPSA) is 77.1 Å². The van der Waals surface area contributed by atoms with E-state index in [9.17, 15) is 10.1 Å². The zero-order valence-corrected chi connectivity index (χ0v) is 21.3. The van der Waals surface area contributed by atoms with Crippen LogP contribution in [0.4, 0.5) is 0 Å². The number of ether oxygens (including phenoxy) is 2. The second-order valence-electron chi connectivity index (χ2n) is 9.30. The van der Waals surface area contributed by atoms with Gasteiger partial charge in [0, 0.05) is 25.5 Å². The second-order valence-corrected chi connectivity index (χ2v) is 9.30. The summed E-state index contributed by atoms with van der Waals surface area (Å²) in [6.07, 6.45) is 1.17. The maximum absolute atomic E-state index is 12.2. The second kappa shape index (κ2) is 11.2. The largest absolute Gasteiger partial charge is 0.451 e. The van der Waals surface area contributed by atoms with Gasteiger partial charge in [-0.2, -0.15) is 10.4 Å². The monoisotopic (exact) mass is 451 g/mol. The van der Waals surface area contributed by atoms with E-state index >= 15 is 0 Å². The third-order valence-corrected chi connectivity index (χ3v) is 5.64. The Morgan fingerprint density at radius 3 is 2.30 bits per heavy atom. The zero-order chi connectivity index (χ0) is 24.8. The number of hydrogen-bond acceptors (Lipinski definition) is 5. The first-order chi connectivity index (χ1) is 15.5. The Balaban J connectivity index is 2.59. The Morgan fingerprint density at radius 1 is 1.15 bits per heavy atom. The van der Waals surface area contributed by atoms with E-state index in [4.69, 9.17) is 9.47 Å².